The minimum absolute atomic E-state index is 0.288. The molecule has 3 saturated heterocycles. The Morgan fingerprint density at radius 3 is 2.33 bits per heavy atom. The van der Waals surface area contributed by atoms with Crippen LogP contribution in [0.2, 0.25) is 0 Å². The Morgan fingerprint density at radius 2 is 1.63 bits per heavy atom. The smallest absolute Gasteiger partial charge is 0.184 e. The van der Waals surface area contributed by atoms with Gasteiger partial charge in [-0.25, -0.2) is 0 Å². The Balaban J connectivity index is 1.36. The highest BCUT2D eigenvalue weighted by molar-refractivity contribution is 5.31. The molecule has 0 saturated carbocycles. The first-order valence-electron chi connectivity index (χ1n) is 10.1. The molecule has 2 aromatic carbocycles. The van der Waals surface area contributed by atoms with Crippen LogP contribution in [-0.4, -0.2) is 35.3 Å². The molecule has 3 aliphatic rings. The Labute approximate surface area is 160 Å². The van der Waals surface area contributed by atoms with Crippen molar-refractivity contribution in [3.8, 4) is 0 Å². The van der Waals surface area contributed by atoms with E-state index in [9.17, 15) is 5.11 Å². The highest BCUT2D eigenvalue weighted by atomic mass is 16.7. The van der Waals surface area contributed by atoms with E-state index in [1.54, 1.807) is 0 Å². The largest absolute Gasteiger partial charge is 0.385 e. The molecule has 3 aliphatic heterocycles. The zero-order valence-electron chi connectivity index (χ0n) is 15.6. The van der Waals surface area contributed by atoms with Crippen LogP contribution in [0, 0.1) is 0 Å². The van der Waals surface area contributed by atoms with Gasteiger partial charge >= 0.3 is 0 Å². The summed E-state index contributed by atoms with van der Waals surface area (Å²) in [4.78, 5) is 2.61. The molecule has 4 heteroatoms. The highest BCUT2D eigenvalue weighted by Crippen LogP contribution is 2.46. The summed E-state index contributed by atoms with van der Waals surface area (Å²) < 4.78 is 11.3. The zero-order valence-corrected chi connectivity index (χ0v) is 15.6. The summed E-state index contributed by atoms with van der Waals surface area (Å²) in [5, 5.41) is 11.6. The predicted octanol–water partition coefficient (Wildman–Crippen LogP) is 3.75. The summed E-state index contributed by atoms with van der Waals surface area (Å²) in [6, 6.07) is 19.8. The average Bonchev–Trinajstić information content (AvgIpc) is 3.31. The van der Waals surface area contributed by atoms with Crippen LogP contribution in [0.25, 0.3) is 0 Å². The maximum atomic E-state index is 11.6. The molecule has 3 fully saturated rings. The molecule has 0 aromatic heterocycles. The van der Waals surface area contributed by atoms with Crippen LogP contribution in [0.3, 0.4) is 0 Å². The molecular weight excluding hydrogens is 338 g/mol. The first-order chi connectivity index (χ1) is 13.2. The van der Waals surface area contributed by atoms with Crippen LogP contribution in [0.1, 0.15) is 48.7 Å². The monoisotopic (exact) mass is 365 g/mol. The molecule has 0 radical (unpaired) electrons. The van der Waals surface area contributed by atoms with Crippen molar-refractivity contribution in [2.45, 2.75) is 56.2 Å². The lowest BCUT2D eigenvalue weighted by atomic mass is 9.80. The van der Waals surface area contributed by atoms with Crippen LogP contribution in [0.5, 0.6) is 0 Å². The van der Waals surface area contributed by atoms with Gasteiger partial charge in [-0.05, 0) is 42.9 Å². The van der Waals surface area contributed by atoms with Gasteiger partial charge in [-0.15, -0.1) is 0 Å². The van der Waals surface area contributed by atoms with Crippen LogP contribution >= 0.6 is 0 Å². The number of ether oxygens (including phenoxy) is 2. The van der Waals surface area contributed by atoms with Crippen molar-refractivity contribution in [2.75, 3.05) is 13.2 Å². The van der Waals surface area contributed by atoms with Gasteiger partial charge in [-0.2, -0.15) is 0 Å². The normalized spacial score (nSPS) is 31.4. The topological polar surface area (TPSA) is 41.9 Å². The van der Waals surface area contributed by atoms with Crippen LogP contribution in [0.15, 0.2) is 54.6 Å². The second-order valence-corrected chi connectivity index (χ2v) is 8.18. The van der Waals surface area contributed by atoms with Crippen LogP contribution < -0.4 is 0 Å². The lowest BCUT2D eigenvalue weighted by Gasteiger charge is -2.44. The highest BCUT2D eigenvalue weighted by Gasteiger charge is 2.48. The van der Waals surface area contributed by atoms with E-state index in [2.05, 4.69) is 47.4 Å². The van der Waals surface area contributed by atoms with Gasteiger partial charge in [0.25, 0.3) is 0 Å². The summed E-state index contributed by atoms with van der Waals surface area (Å²) >= 11 is 0. The number of rotatable bonds is 4. The number of piperidine rings is 1. The summed E-state index contributed by atoms with van der Waals surface area (Å²) in [5.74, 6) is 0. The Morgan fingerprint density at radius 1 is 0.926 bits per heavy atom. The fourth-order valence-electron chi connectivity index (χ4n) is 5.13. The number of aliphatic hydroxyl groups is 1. The number of nitrogens with zero attached hydrogens (tertiary/aromatic N) is 1. The Bertz CT molecular complexity index is 773. The van der Waals surface area contributed by atoms with Gasteiger partial charge in [0.15, 0.2) is 6.29 Å². The summed E-state index contributed by atoms with van der Waals surface area (Å²) in [7, 11) is 0. The van der Waals surface area contributed by atoms with E-state index in [1.807, 2.05) is 12.1 Å². The van der Waals surface area contributed by atoms with Crippen molar-refractivity contribution >= 4 is 0 Å². The molecule has 0 spiro atoms. The van der Waals surface area contributed by atoms with Crippen molar-refractivity contribution in [3.63, 3.8) is 0 Å². The molecule has 142 valence electrons. The maximum Gasteiger partial charge on any atom is 0.184 e. The van der Waals surface area contributed by atoms with Crippen molar-refractivity contribution < 1.29 is 14.6 Å². The number of hydrogen-bond donors (Lipinski definition) is 1. The average molecular weight is 365 g/mol. The van der Waals surface area contributed by atoms with E-state index in [0.717, 1.165) is 30.5 Å². The predicted molar refractivity (Wildman–Crippen MR) is 103 cm³/mol. The molecule has 0 aliphatic carbocycles. The third-order valence-corrected chi connectivity index (χ3v) is 6.44. The van der Waals surface area contributed by atoms with Crippen LogP contribution in [-0.2, 0) is 21.6 Å². The van der Waals surface area contributed by atoms with E-state index in [-0.39, 0.29) is 6.29 Å². The molecule has 4 nitrogen and oxygen atoms in total. The summed E-state index contributed by atoms with van der Waals surface area (Å²) in [5.41, 5.74) is 2.62. The number of hydrogen-bond acceptors (Lipinski definition) is 4. The van der Waals surface area contributed by atoms with Gasteiger partial charge in [-0.1, -0.05) is 48.5 Å². The van der Waals surface area contributed by atoms with E-state index in [0.29, 0.717) is 25.3 Å². The lowest BCUT2D eigenvalue weighted by Crippen LogP contribution is -2.49. The van der Waals surface area contributed by atoms with Crippen LogP contribution in [0.4, 0.5) is 0 Å². The van der Waals surface area contributed by atoms with Crippen molar-refractivity contribution in [1.29, 1.82) is 0 Å². The van der Waals surface area contributed by atoms with Gasteiger partial charge in [0, 0.05) is 24.2 Å². The van der Waals surface area contributed by atoms with Gasteiger partial charge in [-0.3, -0.25) is 4.90 Å². The van der Waals surface area contributed by atoms with Gasteiger partial charge < -0.3 is 14.6 Å². The summed E-state index contributed by atoms with van der Waals surface area (Å²) in [6.07, 6.45) is 3.66. The Hall–Kier alpha value is -1.72. The third-order valence-electron chi connectivity index (χ3n) is 6.44. The number of fused-ring (bicyclic) bond motifs is 2. The second kappa shape index (κ2) is 7.02. The molecule has 5 rings (SSSR count). The summed E-state index contributed by atoms with van der Waals surface area (Å²) in [6.45, 7) is 2.26. The van der Waals surface area contributed by atoms with Gasteiger partial charge in [0.05, 0.1) is 18.8 Å². The Kier molecular flexibility index (Phi) is 4.52. The molecule has 2 bridgehead atoms. The first kappa shape index (κ1) is 17.4. The first-order valence-corrected chi connectivity index (χ1v) is 10.1. The lowest BCUT2D eigenvalue weighted by molar-refractivity contribution is -0.0608. The van der Waals surface area contributed by atoms with Crippen molar-refractivity contribution in [2.24, 2.45) is 0 Å². The van der Waals surface area contributed by atoms with E-state index >= 15 is 0 Å². The SMILES string of the molecule is OC1(c2cccc(C3OCCO3)c2)CC2CCC(C1)N2Cc1ccccc1. The molecule has 0 amide bonds. The fourth-order valence-corrected chi connectivity index (χ4v) is 5.13. The molecule has 1 N–H and O–H groups in total. The molecule has 2 atom stereocenters. The van der Waals surface area contributed by atoms with Crippen molar-refractivity contribution in [3.05, 3.63) is 71.3 Å². The minimum atomic E-state index is -0.756. The standard InChI is InChI=1S/C23H27NO3/c25-23(19-8-4-7-18(13-19)22-26-11-12-27-22)14-20-9-10-21(15-23)24(20)16-17-5-2-1-3-6-17/h1-8,13,20-22,25H,9-12,14-16H2. The van der Waals surface area contributed by atoms with E-state index < -0.39 is 5.60 Å². The molecular formula is C23H27NO3. The zero-order chi connectivity index (χ0) is 18.3. The van der Waals surface area contributed by atoms with Gasteiger partial charge in [0.2, 0.25) is 0 Å². The maximum absolute atomic E-state index is 11.6. The molecule has 27 heavy (non-hydrogen) atoms. The fraction of sp³-hybridized carbons (Fsp3) is 0.478. The number of benzene rings is 2. The van der Waals surface area contributed by atoms with Gasteiger partial charge in [0.1, 0.15) is 0 Å². The molecule has 2 unspecified atom stereocenters. The quantitative estimate of drug-likeness (QED) is 0.896. The minimum Gasteiger partial charge on any atom is -0.385 e. The molecule has 2 aromatic rings. The molecule has 3 heterocycles. The van der Waals surface area contributed by atoms with E-state index in [4.69, 9.17) is 9.47 Å². The van der Waals surface area contributed by atoms with E-state index in [1.165, 1.54) is 18.4 Å². The third kappa shape index (κ3) is 3.32. The van der Waals surface area contributed by atoms with Crippen molar-refractivity contribution in [1.82, 2.24) is 4.90 Å². The second-order valence-electron chi connectivity index (χ2n) is 8.18.